The van der Waals surface area contributed by atoms with Gasteiger partial charge < -0.3 is 36.3 Å². The average Bonchev–Trinajstić information content (AvgIpc) is 2.94. The average molecular weight is 536 g/mol. The number of anilines is 3. The van der Waals surface area contributed by atoms with E-state index in [0.29, 0.717) is 11.7 Å². The Morgan fingerprint density at radius 3 is 2.38 bits per heavy atom. The maximum Gasteiger partial charge on any atom is 0.209 e. The van der Waals surface area contributed by atoms with E-state index >= 15 is 0 Å². The fourth-order valence-corrected chi connectivity index (χ4v) is 4.41. The van der Waals surface area contributed by atoms with Crippen molar-refractivity contribution in [1.82, 2.24) is 15.1 Å². The van der Waals surface area contributed by atoms with Crippen molar-refractivity contribution >= 4 is 23.5 Å². The van der Waals surface area contributed by atoms with Crippen molar-refractivity contribution in [3.63, 3.8) is 0 Å². The second-order valence-corrected chi connectivity index (χ2v) is 9.19. The first kappa shape index (κ1) is 32.9. The number of nitrogen functional groups attached to an aromatic ring is 2. The third kappa shape index (κ3) is 10.3. The summed E-state index contributed by atoms with van der Waals surface area (Å²) in [4.78, 5) is 14.9. The molecule has 9 heteroatoms. The van der Waals surface area contributed by atoms with Crippen molar-refractivity contribution in [3.05, 3.63) is 77.8 Å². The van der Waals surface area contributed by atoms with Crippen LogP contribution in [0.1, 0.15) is 29.5 Å². The zero-order chi connectivity index (χ0) is 29.4. The molecule has 2 aliphatic rings. The minimum absolute atomic E-state index is 0.476. The zero-order valence-corrected chi connectivity index (χ0v) is 23.8. The molecule has 2 aromatic carbocycles. The molecule has 0 saturated carbocycles. The van der Waals surface area contributed by atoms with E-state index in [1.54, 1.807) is 7.11 Å². The van der Waals surface area contributed by atoms with Crippen LogP contribution in [-0.4, -0.2) is 56.0 Å². The number of amides is 1. The number of nitrogens with two attached hydrogens (primary N) is 2. The molecule has 0 unspecified atom stereocenters. The summed E-state index contributed by atoms with van der Waals surface area (Å²) in [5.74, 6) is 7.01. The van der Waals surface area contributed by atoms with Gasteiger partial charge in [0.05, 0.1) is 30.9 Å². The Morgan fingerprint density at radius 2 is 1.87 bits per heavy atom. The molecular formula is C30H45N7O2. The Labute approximate surface area is 234 Å². The number of para-hydroxylation sites is 1. The van der Waals surface area contributed by atoms with E-state index in [1.807, 2.05) is 44.0 Å². The molecule has 1 fully saturated rings. The lowest BCUT2D eigenvalue weighted by Crippen LogP contribution is -2.46. The van der Waals surface area contributed by atoms with Crippen LogP contribution in [0.2, 0.25) is 0 Å². The van der Waals surface area contributed by atoms with E-state index in [0.717, 1.165) is 79.5 Å². The first-order valence-electron chi connectivity index (χ1n) is 12.8. The van der Waals surface area contributed by atoms with Crippen LogP contribution in [0.3, 0.4) is 0 Å². The highest BCUT2D eigenvalue weighted by atomic mass is 16.5. The van der Waals surface area contributed by atoms with Crippen molar-refractivity contribution < 1.29 is 9.53 Å². The van der Waals surface area contributed by atoms with E-state index in [1.165, 1.54) is 5.56 Å². The molecule has 2 aromatic rings. The number of fused-ring (bicyclic) bond motifs is 1. The van der Waals surface area contributed by atoms with Gasteiger partial charge in [0.2, 0.25) is 6.41 Å². The number of nitrogens with zero attached hydrogens (tertiary/aromatic N) is 2. The number of hydrogen-bond donors (Lipinski definition) is 5. The molecule has 0 spiro atoms. The molecule has 2 aliphatic heterocycles. The normalized spacial score (nSPS) is 14.0. The molecule has 0 aromatic heterocycles. The van der Waals surface area contributed by atoms with Gasteiger partial charge in [0, 0.05) is 31.4 Å². The number of carbonyl (C=O) groups is 1. The molecule has 0 atom stereocenters. The molecule has 39 heavy (non-hydrogen) atoms. The molecule has 7 N–H and O–H groups in total. The van der Waals surface area contributed by atoms with Gasteiger partial charge in [-0.2, -0.15) is 0 Å². The maximum absolute atomic E-state index is 10.8. The summed E-state index contributed by atoms with van der Waals surface area (Å²) >= 11 is 0. The monoisotopic (exact) mass is 535 g/mol. The van der Waals surface area contributed by atoms with Crippen LogP contribution in [0.5, 0.6) is 0 Å². The molecule has 0 bridgehead atoms. The van der Waals surface area contributed by atoms with Crippen molar-refractivity contribution in [2.45, 2.75) is 39.3 Å². The highest BCUT2D eigenvalue weighted by Gasteiger charge is 2.28. The Hall–Kier alpha value is -4.13. The second kappa shape index (κ2) is 17.4. The number of nitrogens with one attached hydrogen (secondary N) is 3. The van der Waals surface area contributed by atoms with Gasteiger partial charge in [0.1, 0.15) is 5.76 Å². The summed E-state index contributed by atoms with van der Waals surface area (Å²) in [6.45, 7) is 15.0. The van der Waals surface area contributed by atoms with Crippen LogP contribution < -0.4 is 27.6 Å². The standard InChI is InChI=1S/C15H19N3O.C8H13N3.C5H11NO.C2H2/c1-12-16-15-5-3-2-4-13(15)10-18(12)14-6-8-17(11-19)9-7-14;1-5-3-6(2)8(11-10)7(9)4-5;1-5(7-3)4-6-2;1-2/h2-5,11,14,16H,1,6-10H2;3-4,11H,9-10H2,1-2H3;6H,1,4H2,2-3H3;1-2H. The third-order valence-corrected chi connectivity index (χ3v) is 6.39. The minimum Gasteiger partial charge on any atom is -0.500 e. The van der Waals surface area contributed by atoms with Crippen LogP contribution in [0.15, 0.2) is 61.1 Å². The van der Waals surface area contributed by atoms with Gasteiger partial charge in [-0.25, -0.2) is 0 Å². The second-order valence-electron chi connectivity index (χ2n) is 9.19. The number of hydrazine groups is 1. The van der Waals surface area contributed by atoms with Crippen LogP contribution >= 0.6 is 0 Å². The molecule has 0 aliphatic carbocycles. The fraction of sp³-hybridized carbons (Fsp3) is 0.367. The van der Waals surface area contributed by atoms with Gasteiger partial charge in [-0.1, -0.05) is 37.4 Å². The van der Waals surface area contributed by atoms with Crippen molar-refractivity contribution in [2.75, 3.05) is 50.3 Å². The highest BCUT2D eigenvalue weighted by molar-refractivity contribution is 5.70. The van der Waals surface area contributed by atoms with Crippen LogP contribution in [-0.2, 0) is 16.1 Å². The lowest BCUT2D eigenvalue weighted by atomic mass is 10.0. The van der Waals surface area contributed by atoms with Gasteiger partial charge in [-0.3, -0.25) is 10.6 Å². The van der Waals surface area contributed by atoms with Gasteiger partial charge in [0.25, 0.3) is 0 Å². The fourth-order valence-electron chi connectivity index (χ4n) is 4.41. The first-order chi connectivity index (χ1) is 18.7. The van der Waals surface area contributed by atoms with Crippen molar-refractivity contribution in [1.29, 1.82) is 0 Å². The quantitative estimate of drug-likeness (QED) is 0.0946. The molecule has 1 saturated heterocycles. The van der Waals surface area contributed by atoms with E-state index in [4.69, 9.17) is 16.3 Å². The number of aryl methyl sites for hydroxylation is 2. The number of piperidine rings is 1. The van der Waals surface area contributed by atoms with Crippen molar-refractivity contribution in [3.8, 4) is 12.8 Å². The van der Waals surface area contributed by atoms with E-state index < -0.39 is 0 Å². The smallest absolute Gasteiger partial charge is 0.209 e. The summed E-state index contributed by atoms with van der Waals surface area (Å²) in [6, 6.07) is 12.8. The number of likely N-dealkylation sites (tertiary alicyclic amines) is 1. The number of terminal acetylenes is 1. The maximum atomic E-state index is 10.8. The van der Waals surface area contributed by atoms with E-state index in [9.17, 15) is 4.79 Å². The van der Waals surface area contributed by atoms with Crippen LogP contribution in [0.25, 0.3) is 0 Å². The van der Waals surface area contributed by atoms with E-state index in [-0.39, 0.29) is 0 Å². The van der Waals surface area contributed by atoms with Gasteiger partial charge in [-0.05, 0) is 62.6 Å². The number of likely N-dealkylation sites (N-methyl/N-ethyl adjacent to an activating group) is 1. The molecule has 2 heterocycles. The van der Waals surface area contributed by atoms with Gasteiger partial charge in [-0.15, -0.1) is 12.8 Å². The molecule has 1 amide bonds. The lowest BCUT2D eigenvalue weighted by molar-refractivity contribution is -0.119. The number of methoxy groups -OCH3 is 1. The number of benzene rings is 2. The minimum atomic E-state index is 0.476. The van der Waals surface area contributed by atoms with Crippen LogP contribution in [0.4, 0.5) is 17.1 Å². The predicted octanol–water partition coefficient (Wildman–Crippen LogP) is 3.79. The summed E-state index contributed by atoms with van der Waals surface area (Å²) in [6.07, 6.45) is 11.0. The highest BCUT2D eigenvalue weighted by Crippen LogP contribution is 2.30. The van der Waals surface area contributed by atoms with Crippen LogP contribution in [0, 0.1) is 26.7 Å². The predicted molar refractivity (Wildman–Crippen MR) is 164 cm³/mol. The topological polar surface area (TPSA) is 121 Å². The Kier molecular flexibility index (Phi) is 14.7. The molecular weight excluding hydrogens is 490 g/mol. The third-order valence-electron chi connectivity index (χ3n) is 6.39. The SMILES string of the molecule is C#C.C=C(CNC)OC.C=C1Nc2ccccc2CN1C1CCN(C=O)CC1.Cc1cc(C)c(NN)c(N)c1. The lowest BCUT2D eigenvalue weighted by Gasteiger charge is -2.42. The molecule has 212 valence electrons. The zero-order valence-electron chi connectivity index (χ0n) is 23.8. The Balaban J connectivity index is 0.000000323. The molecule has 9 nitrogen and oxygen atoms in total. The summed E-state index contributed by atoms with van der Waals surface area (Å²) in [5.41, 5.74) is 14.5. The largest absolute Gasteiger partial charge is 0.500 e. The summed E-state index contributed by atoms with van der Waals surface area (Å²) in [7, 11) is 3.46. The van der Waals surface area contributed by atoms with Gasteiger partial charge >= 0.3 is 0 Å². The van der Waals surface area contributed by atoms with E-state index in [2.05, 4.69) is 65.2 Å². The molecule has 4 rings (SSSR count). The number of rotatable bonds is 6. The summed E-state index contributed by atoms with van der Waals surface area (Å²) in [5, 5.41) is 6.27. The number of hydrogen-bond acceptors (Lipinski definition) is 8. The van der Waals surface area contributed by atoms with Gasteiger partial charge in [0.15, 0.2) is 0 Å². The number of carbonyl (C=O) groups excluding carboxylic acids is 1. The Bertz CT molecular complexity index is 1070. The first-order valence-corrected chi connectivity index (χ1v) is 12.8. The molecule has 0 radical (unpaired) electrons. The summed E-state index contributed by atoms with van der Waals surface area (Å²) < 4.78 is 4.73. The van der Waals surface area contributed by atoms with Crippen molar-refractivity contribution in [2.24, 2.45) is 5.84 Å². The Morgan fingerprint density at radius 1 is 1.23 bits per heavy atom. The number of ether oxygens (including phenoxy) is 1.